The monoisotopic (exact) mass is 426 g/mol. The third-order valence-corrected chi connectivity index (χ3v) is 11.9. The highest BCUT2D eigenvalue weighted by Crippen LogP contribution is 2.73. The number of ketones is 1. The van der Waals surface area contributed by atoms with Gasteiger partial charge in [0, 0.05) is 5.41 Å². The van der Waals surface area contributed by atoms with Crippen LogP contribution in [0.3, 0.4) is 0 Å². The van der Waals surface area contributed by atoms with Crippen molar-refractivity contribution < 1.29 is 4.79 Å². The molecule has 4 rings (SSSR count). The average Bonchev–Trinajstić information content (AvgIpc) is 2.96. The van der Waals surface area contributed by atoms with Gasteiger partial charge in [-0.05, 0) is 96.4 Å². The second-order valence-corrected chi connectivity index (χ2v) is 13.9. The second kappa shape index (κ2) is 7.73. The summed E-state index contributed by atoms with van der Waals surface area (Å²) in [5.74, 6) is 5.05. The molecule has 0 aromatic carbocycles. The summed E-state index contributed by atoms with van der Waals surface area (Å²) in [5, 5.41) is 0. The van der Waals surface area contributed by atoms with Crippen LogP contribution in [0.1, 0.15) is 113 Å². The number of carbonyl (C=O) groups excluding carboxylic acids is 1. The van der Waals surface area contributed by atoms with Gasteiger partial charge in [0.2, 0.25) is 0 Å². The minimum absolute atomic E-state index is 0.195. The number of allylic oxidation sites excluding steroid dienone is 2. The van der Waals surface area contributed by atoms with E-state index < -0.39 is 0 Å². The van der Waals surface area contributed by atoms with Crippen LogP contribution in [0, 0.1) is 57.2 Å². The van der Waals surface area contributed by atoms with E-state index in [2.05, 4.69) is 61.5 Å². The number of hydrogen-bond donors (Lipinski definition) is 0. The van der Waals surface area contributed by atoms with Crippen molar-refractivity contribution in [3.8, 4) is 0 Å². The third kappa shape index (κ3) is 3.33. The zero-order valence-electron chi connectivity index (χ0n) is 21.9. The number of fused-ring (bicyclic) bond motifs is 5. The largest absolute Gasteiger partial charge is 0.294 e. The van der Waals surface area contributed by atoms with Crippen molar-refractivity contribution in [3.63, 3.8) is 0 Å². The highest BCUT2D eigenvalue weighted by Gasteiger charge is 2.66. The molecule has 176 valence electrons. The maximum atomic E-state index is 12.7. The molecule has 31 heavy (non-hydrogen) atoms. The van der Waals surface area contributed by atoms with Crippen LogP contribution in [0.25, 0.3) is 0 Å². The van der Waals surface area contributed by atoms with E-state index in [0.717, 1.165) is 29.6 Å². The minimum Gasteiger partial charge on any atom is -0.294 e. The van der Waals surface area contributed by atoms with Crippen molar-refractivity contribution in [3.05, 3.63) is 12.2 Å². The number of carbonyl (C=O) groups is 1. The molecule has 0 unspecified atom stereocenters. The number of rotatable bonds is 5. The molecule has 3 saturated carbocycles. The van der Waals surface area contributed by atoms with E-state index in [0.29, 0.717) is 22.5 Å². The van der Waals surface area contributed by atoms with E-state index in [4.69, 9.17) is 0 Å². The van der Waals surface area contributed by atoms with Crippen LogP contribution in [0.4, 0.5) is 0 Å². The average molecular weight is 427 g/mol. The second-order valence-electron chi connectivity index (χ2n) is 13.9. The lowest BCUT2D eigenvalue weighted by Crippen LogP contribution is -2.59. The molecule has 1 heteroatoms. The van der Waals surface area contributed by atoms with Gasteiger partial charge in [0.05, 0.1) is 0 Å². The standard InChI is InChI=1S/C30H50O/c1-20(2)10-9-11-21(3)22-14-18-30(8)24-12-13-25-27(4,5)26(31)16-17-28(25,6)23(24)15-19-29(22,30)7/h16-17,20-25H,9-15,18-19H2,1-8H3/t21-,22-,23+,24-,25+,28-,29-,30+/m1/s1. The lowest BCUT2D eigenvalue weighted by atomic mass is 9.39. The highest BCUT2D eigenvalue weighted by molar-refractivity contribution is 5.95. The Morgan fingerprint density at radius 1 is 0.871 bits per heavy atom. The van der Waals surface area contributed by atoms with Gasteiger partial charge in [-0.3, -0.25) is 4.79 Å². The lowest BCUT2D eigenvalue weighted by molar-refractivity contribution is -0.159. The van der Waals surface area contributed by atoms with Crippen LogP contribution in [0.5, 0.6) is 0 Å². The predicted octanol–water partition coefficient (Wildman–Crippen LogP) is 8.48. The topological polar surface area (TPSA) is 17.1 Å². The summed E-state index contributed by atoms with van der Waals surface area (Å²) in [6, 6.07) is 0. The molecule has 0 saturated heterocycles. The Hall–Kier alpha value is -0.590. The molecule has 4 aliphatic rings. The van der Waals surface area contributed by atoms with Crippen LogP contribution in [-0.4, -0.2) is 5.78 Å². The lowest BCUT2D eigenvalue weighted by Gasteiger charge is -2.65. The molecule has 0 heterocycles. The summed E-state index contributed by atoms with van der Waals surface area (Å²) in [6.45, 7) is 19.7. The molecule has 3 fully saturated rings. The molecule has 1 nitrogen and oxygen atoms in total. The van der Waals surface area contributed by atoms with Gasteiger partial charge >= 0.3 is 0 Å². The molecule has 0 N–H and O–H groups in total. The van der Waals surface area contributed by atoms with Gasteiger partial charge in [0.25, 0.3) is 0 Å². The van der Waals surface area contributed by atoms with E-state index in [1.54, 1.807) is 0 Å². The fourth-order valence-electron chi connectivity index (χ4n) is 9.82. The van der Waals surface area contributed by atoms with Gasteiger partial charge in [-0.1, -0.05) is 80.7 Å². The third-order valence-electron chi connectivity index (χ3n) is 11.9. The van der Waals surface area contributed by atoms with Crippen molar-refractivity contribution in [2.24, 2.45) is 57.2 Å². The normalized spacial score (nSPS) is 47.1. The summed E-state index contributed by atoms with van der Waals surface area (Å²) < 4.78 is 0. The Morgan fingerprint density at radius 2 is 1.55 bits per heavy atom. The van der Waals surface area contributed by atoms with Crippen LogP contribution in [0.15, 0.2) is 12.2 Å². The molecule has 0 radical (unpaired) electrons. The van der Waals surface area contributed by atoms with Gasteiger partial charge < -0.3 is 0 Å². The molecule has 0 bridgehead atoms. The zero-order valence-corrected chi connectivity index (χ0v) is 21.9. The first-order chi connectivity index (χ1) is 14.4. The van der Waals surface area contributed by atoms with Crippen molar-refractivity contribution in [1.29, 1.82) is 0 Å². The van der Waals surface area contributed by atoms with Gasteiger partial charge in [0.15, 0.2) is 5.78 Å². The Labute approximate surface area is 193 Å². The summed E-state index contributed by atoms with van der Waals surface area (Å²) in [5.41, 5.74) is 0.976. The number of hydrogen-bond acceptors (Lipinski definition) is 1. The molecular formula is C30H50O. The highest BCUT2D eigenvalue weighted by atomic mass is 16.1. The fraction of sp³-hybridized carbons (Fsp3) is 0.900. The van der Waals surface area contributed by atoms with Gasteiger partial charge in [-0.2, -0.15) is 0 Å². The minimum atomic E-state index is -0.195. The first-order valence-electron chi connectivity index (χ1n) is 13.6. The quantitative estimate of drug-likeness (QED) is 0.431. The van der Waals surface area contributed by atoms with Gasteiger partial charge in [0.1, 0.15) is 0 Å². The Balaban J connectivity index is 1.58. The van der Waals surface area contributed by atoms with Crippen LogP contribution >= 0.6 is 0 Å². The van der Waals surface area contributed by atoms with Crippen LogP contribution in [-0.2, 0) is 4.79 Å². The molecule has 4 aliphatic carbocycles. The SMILES string of the molecule is CC(C)CCC[C@@H](C)[C@H]1CC[C@@]2(C)[C@@H]3CC[C@H]4C(C)(C)C(=O)C=C[C@]4(C)[C@H]3CC[C@]12C. The molecule has 0 aliphatic heterocycles. The molecule has 0 aromatic rings. The summed E-state index contributed by atoms with van der Waals surface area (Å²) in [6.07, 6.45) is 16.8. The van der Waals surface area contributed by atoms with Crippen molar-refractivity contribution in [1.82, 2.24) is 0 Å². The molecule has 8 atom stereocenters. The first kappa shape index (κ1) is 23.6. The predicted molar refractivity (Wildman–Crippen MR) is 132 cm³/mol. The van der Waals surface area contributed by atoms with Crippen LogP contribution in [0.2, 0.25) is 0 Å². The summed E-state index contributed by atoms with van der Waals surface area (Å²) in [7, 11) is 0. The van der Waals surface area contributed by atoms with Crippen molar-refractivity contribution in [2.45, 2.75) is 113 Å². The molecular weight excluding hydrogens is 376 g/mol. The smallest absolute Gasteiger partial charge is 0.161 e. The first-order valence-corrected chi connectivity index (χ1v) is 13.6. The van der Waals surface area contributed by atoms with E-state index in [-0.39, 0.29) is 10.8 Å². The maximum Gasteiger partial charge on any atom is 0.161 e. The van der Waals surface area contributed by atoms with Gasteiger partial charge in [-0.25, -0.2) is 0 Å². The Kier molecular flexibility index (Phi) is 5.88. The fourth-order valence-corrected chi connectivity index (χ4v) is 9.82. The summed E-state index contributed by atoms with van der Waals surface area (Å²) in [4.78, 5) is 12.7. The van der Waals surface area contributed by atoms with Crippen molar-refractivity contribution in [2.75, 3.05) is 0 Å². The zero-order chi connectivity index (χ0) is 22.8. The van der Waals surface area contributed by atoms with Gasteiger partial charge in [-0.15, -0.1) is 0 Å². The maximum absolute atomic E-state index is 12.7. The van der Waals surface area contributed by atoms with E-state index in [1.807, 2.05) is 6.08 Å². The molecule has 0 aromatic heterocycles. The molecule has 0 amide bonds. The van der Waals surface area contributed by atoms with Crippen LogP contribution < -0.4 is 0 Å². The van der Waals surface area contributed by atoms with E-state index in [9.17, 15) is 4.79 Å². The Morgan fingerprint density at radius 3 is 2.23 bits per heavy atom. The Bertz CT molecular complexity index is 731. The van der Waals surface area contributed by atoms with E-state index >= 15 is 0 Å². The molecule has 0 spiro atoms. The van der Waals surface area contributed by atoms with E-state index in [1.165, 1.54) is 57.8 Å². The summed E-state index contributed by atoms with van der Waals surface area (Å²) >= 11 is 0. The van der Waals surface area contributed by atoms with Crippen molar-refractivity contribution >= 4 is 5.78 Å².